The number of nitrogens with zero attached hydrogens (tertiary/aromatic N) is 1. The van der Waals surface area contributed by atoms with Crippen LogP contribution in [0.5, 0.6) is 0 Å². The first-order chi connectivity index (χ1) is 5.84. The molecule has 64 valence electrons. The van der Waals surface area contributed by atoms with Crippen LogP contribution in [0.1, 0.15) is 13.8 Å². The molecule has 0 amide bonds. The van der Waals surface area contributed by atoms with Gasteiger partial charge in [-0.1, -0.05) is 26.0 Å². The van der Waals surface area contributed by atoms with E-state index in [-0.39, 0.29) is 0 Å². The number of rotatable bonds is 1. The van der Waals surface area contributed by atoms with Gasteiger partial charge in [-0.05, 0) is 28.1 Å². The smallest absolute Gasteiger partial charge is 0.211 e. The Morgan fingerprint density at radius 2 is 1.92 bits per heavy atom. The highest BCUT2D eigenvalue weighted by molar-refractivity contribution is 9.10. The lowest BCUT2D eigenvalue weighted by molar-refractivity contribution is 0.565. The molecule has 0 unspecified atom stereocenters. The Bertz CT molecular complexity index is 280. The average molecular weight is 228 g/mol. The molecule has 2 nitrogen and oxygen atoms in total. The van der Waals surface area contributed by atoms with Crippen LogP contribution in [0.25, 0.3) is 0 Å². The quantitative estimate of drug-likeness (QED) is 0.534. The lowest BCUT2D eigenvalue weighted by Gasteiger charge is -1.91. The molecule has 0 N–H and O–H groups in total. The number of hydrogen-bond acceptors (Lipinski definition) is 2. The first-order valence-corrected chi connectivity index (χ1v) is 4.46. The third kappa shape index (κ3) is 3.46. The van der Waals surface area contributed by atoms with Crippen LogP contribution in [-0.4, -0.2) is 6.08 Å². The highest BCUT2D eigenvalue weighted by Gasteiger charge is 1.92. The van der Waals surface area contributed by atoms with Crippen LogP contribution in [0.3, 0.4) is 0 Å². The highest BCUT2D eigenvalue weighted by atomic mass is 79.9. The van der Waals surface area contributed by atoms with Crippen molar-refractivity contribution >= 4 is 27.7 Å². The summed E-state index contributed by atoms with van der Waals surface area (Å²) in [6.45, 7) is 4.00. The first-order valence-electron chi connectivity index (χ1n) is 3.67. The Morgan fingerprint density at radius 1 is 1.33 bits per heavy atom. The Kier molecular flexibility index (Phi) is 6.25. The van der Waals surface area contributed by atoms with E-state index >= 15 is 0 Å². The lowest BCUT2D eigenvalue weighted by atomic mass is 10.3. The maximum absolute atomic E-state index is 9.81. The second kappa shape index (κ2) is 6.77. The molecule has 0 saturated heterocycles. The summed E-state index contributed by atoms with van der Waals surface area (Å²) in [5.74, 6) is 0. The van der Waals surface area contributed by atoms with Crippen molar-refractivity contribution < 1.29 is 4.79 Å². The molecule has 0 bridgehead atoms. The standard InChI is InChI=1S/C7H4BrNO.C2H6/c8-6-3-1-2-4-7(6)9-5-10;1-2/h1-4H;1-2H3. The maximum atomic E-state index is 9.81. The fourth-order valence-corrected chi connectivity index (χ4v) is 0.965. The first kappa shape index (κ1) is 11.1. The molecule has 0 heterocycles. The van der Waals surface area contributed by atoms with Crippen LogP contribution in [0.15, 0.2) is 33.7 Å². The molecule has 0 aliphatic rings. The molecule has 0 saturated carbocycles. The van der Waals surface area contributed by atoms with Crippen molar-refractivity contribution in [1.29, 1.82) is 0 Å². The Morgan fingerprint density at radius 3 is 2.42 bits per heavy atom. The molecule has 12 heavy (non-hydrogen) atoms. The van der Waals surface area contributed by atoms with E-state index in [1.54, 1.807) is 12.1 Å². The van der Waals surface area contributed by atoms with E-state index in [1.165, 1.54) is 6.08 Å². The minimum absolute atomic E-state index is 0.609. The number of halogens is 1. The number of hydrogen-bond donors (Lipinski definition) is 0. The van der Waals surface area contributed by atoms with Crippen molar-refractivity contribution in [3.05, 3.63) is 28.7 Å². The molecule has 0 aliphatic carbocycles. The van der Waals surface area contributed by atoms with Crippen molar-refractivity contribution in [3.63, 3.8) is 0 Å². The van der Waals surface area contributed by atoms with Crippen LogP contribution in [0.4, 0.5) is 5.69 Å². The second-order valence-corrected chi connectivity index (χ2v) is 2.51. The predicted octanol–water partition coefficient (Wildman–Crippen LogP) is 3.44. The average Bonchev–Trinajstić information content (AvgIpc) is 2.13. The summed E-state index contributed by atoms with van der Waals surface area (Å²) in [6, 6.07) is 7.21. The molecular weight excluding hydrogens is 218 g/mol. The van der Waals surface area contributed by atoms with E-state index in [4.69, 9.17) is 0 Å². The summed E-state index contributed by atoms with van der Waals surface area (Å²) in [4.78, 5) is 13.3. The van der Waals surface area contributed by atoms with Crippen molar-refractivity contribution in [3.8, 4) is 0 Å². The summed E-state index contributed by atoms with van der Waals surface area (Å²) in [5, 5.41) is 0. The van der Waals surface area contributed by atoms with Gasteiger partial charge in [-0.2, -0.15) is 4.99 Å². The van der Waals surface area contributed by atoms with Crippen LogP contribution >= 0.6 is 15.9 Å². The van der Waals surface area contributed by atoms with Crippen LogP contribution < -0.4 is 0 Å². The van der Waals surface area contributed by atoms with Gasteiger partial charge in [0, 0.05) is 4.47 Å². The van der Waals surface area contributed by atoms with Gasteiger partial charge in [0.25, 0.3) is 0 Å². The van der Waals surface area contributed by atoms with E-state index in [1.807, 2.05) is 26.0 Å². The van der Waals surface area contributed by atoms with E-state index in [2.05, 4.69) is 20.9 Å². The van der Waals surface area contributed by atoms with E-state index in [9.17, 15) is 4.79 Å². The minimum atomic E-state index is 0.609. The topological polar surface area (TPSA) is 29.4 Å². The summed E-state index contributed by atoms with van der Waals surface area (Å²) < 4.78 is 0.804. The van der Waals surface area contributed by atoms with E-state index < -0.39 is 0 Å². The molecule has 0 radical (unpaired) electrons. The van der Waals surface area contributed by atoms with Crippen molar-refractivity contribution in [2.24, 2.45) is 4.99 Å². The summed E-state index contributed by atoms with van der Waals surface area (Å²) >= 11 is 3.22. The fourth-order valence-electron chi connectivity index (χ4n) is 0.592. The monoisotopic (exact) mass is 227 g/mol. The molecule has 1 rings (SSSR count). The van der Waals surface area contributed by atoms with Gasteiger partial charge in [-0.25, -0.2) is 4.79 Å². The van der Waals surface area contributed by atoms with Crippen LogP contribution in [0.2, 0.25) is 0 Å². The normalized spacial score (nSPS) is 7.58. The Hall–Kier alpha value is -0.920. The van der Waals surface area contributed by atoms with E-state index in [0.29, 0.717) is 5.69 Å². The minimum Gasteiger partial charge on any atom is -0.211 e. The number of para-hydroxylation sites is 1. The van der Waals surface area contributed by atoms with Crippen molar-refractivity contribution in [1.82, 2.24) is 0 Å². The molecule has 1 aromatic carbocycles. The molecule has 3 heteroatoms. The molecule has 1 aromatic rings. The third-order valence-corrected chi connectivity index (χ3v) is 1.69. The zero-order chi connectivity index (χ0) is 9.40. The molecule has 0 aromatic heterocycles. The summed E-state index contributed by atoms with van der Waals surface area (Å²) in [6.07, 6.45) is 1.47. The van der Waals surface area contributed by atoms with Gasteiger partial charge in [0.05, 0.1) is 5.69 Å². The zero-order valence-electron chi connectivity index (χ0n) is 7.04. The Labute approximate surface area is 80.5 Å². The van der Waals surface area contributed by atoms with E-state index in [0.717, 1.165) is 4.47 Å². The molecule has 0 fully saturated rings. The SMILES string of the molecule is CC.O=C=Nc1ccccc1Br. The van der Waals surface area contributed by atoms with Gasteiger partial charge >= 0.3 is 0 Å². The van der Waals surface area contributed by atoms with Gasteiger partial charge < -0.3 is 0 Å². The van der Waals surface area contributed by atoms with Gasteiger partial charge in [0.1, 0.15) is 0 Å². The fraction of sp³-hybridized carbons (Fsp3) is 0.222. The second-order valence-electron chi connectivity index (χ2n) is 1.65. The summed E-state index contributed by atoms with van der Waals surface area (Å²) in [5.41, 5.74) is 0.609. The molecule has 0 aliphatic heterocycles. The summed E-state index contributed by atoms with van der Waals surface area (Å²) in [7, 11) is 0. The van der Waals surface area contributed by atoms with Crippen LogP contribution in [-0.2, 0) is 4.79 Å². The number of isocyanates is 1. The van der Waals surface area contributed by atoms with Gasteiger partial charge in [-0.3, -0.25) is 0 Å². The third-order valence-electron chi connectivity index (χ3n) is 1.02. The lowest BCUT2D eigenvalue weighted by Crippen LogP contribution is -1.65. The zero-order valence-corrected chi connectivity index (χ0v) is 8.63. The maximum Gasteiger partial charge on any atom is 0.240 e. The van der Waals surface area contributed by atoms with Crippen LogP contribution in [0, 0.1) is 0 Å². The Balaban J connectivity index is 0.000000561. The van der Waals surface area contributed by atoms with Gasteiger partial charge in [0.15, 0.2) is 0 Å². The van der Waals surface area contributed by atoms with Gasteiger partial charge in [-0.15, -0.1) is 0 Å². The largest absolute Gasteiger partial charge is 0.240 e. The number of benzene rings is 1. The number of aliphatic imine (C=N–C) groups is 1. The number of carbonyl (C=O) groups excluding carboxylic acids is 1. The van der Waals surface area contributed by atoms with Crippen molar-refractivity contribution in [2.45, 2.75) is 13.8 Å². The molecular formula is C9H10BrNO. The predicted molar refractivity (Wildman–Crippen MR) is 53.3 cm³/mol. The van der Waals surface area contributed by atoms with Gasteiger partial charge in [0.2, 0.25) is 6.08 Å². The highest BCUT2D eigenvalue weighted by Crippen LogP contribution is 2.23. The van der Waals surface area contributed by atoms with Crippen molar-refractivity contribution in [2.75, 3.05) is 0 Å². The molecule has 0 spiro atoms. The molecule has 0 atom stereocenters.